The second kappa shape index (κ2) is 12.5. The Kier molecular flexibility index (Phi) is 12.0. The number of benzene rings is 1. The highest BCUT2D eigenvalue weighted by molar-refractivity contribution is 14.0. The molecule has 2 N–H and O–H groups in total. The van der Waals surface area contributed by atoms with Gasteiger partial charge in [0.2, 0.25) is 0 Å². The molecule has 0 unspecified atom stereocenters. The van der Waals surface area contributed by atoms with Crippen LogP contribution in [0.3, 0.4) is 0 Å². The molecule has 0 atom stereocenters. The molecule has 0 aromatic heterocycles. The van der Waals surface area contributed by atoms with Gasteiger partial charge in [-0.3, -0.25) is 4.99 Å². The van der Waals surface area contributed by atoms with Gasteiger partial charge < -0.3 is 15.5 Å². The van der Waals surface area contributed by atoms with Crippen LogP contribution in [0, 0.1) is 12.7 Å². The van der Waals surface area contributed by atoms with Crippen molar-refractivity contribution in [2.75, 3.05) is 33.2 Å². The minimum Gasteiger partial charge on any atom is -0.357 e. The van der Waals surface area contributed by atoms with Crippen LogP contribution in [0.25, 0.3) is 0 Å². The van der Waals surface area contributed by atoms with E-state index in [0.717, 1.165) is 49.7 Å². The quantitative estimate of drug-likeness (QED) is 0.363. The average molecular weight is 450 g/mol. The van der Waals surface area contributed by atoms with E-state index in [0.29, 0.717) is 6.04 Å². The van der Waals surface area contributed by atoms with Gasteiger partial charge in [0.25, 0.3) is 0 Å². The van der Waals surface area contributed by atoms with Gasteiger partial charge in [-0.05, 0) is 64.4 Å². The molecule has 1 aromatic carbocycles. The summed E-state index contributed by atoms with van der Waals surface area (Å²) >= 11 is 0. The highest BCUT2D eigenvalue weighted by Gasteiger charge is 2.03. The zero-order chi connectivity index (χ0) is 17.2. The number of hydrogen-bond donors (Lipinski definition) is 2. The van der Waals surface area contributed by atoms with Crippen LogP contribution in [-0.4, -0.2) is 50.1 Å². The smallest absolute Gasteiger partial charge is 0.191 e. The lowest BCUT2D eigenvalue weighted by Gasteiger charge is -2.20. The first-order valence-electron chi connectivity index (χ1n) is 8.41. The zero-order valence-electron chi connectivity index (χ0n) is 15.5. The number of nitrogens with one attached hydrogen (secondary N) is 2. The summed E-state index contributed by atoms with van der Waals surface area (Å²) in [6.07, 6.45) is 0.850. The highest BCUT2D eigenvalue weighted by atomic mass is 127. The summed E-state index contributed by atoms with van der Waals surface area (Å²) in [5, 5.41) is 6.60. The maximum atomic E-state index is 13.1. The molecule has 0 aliphatic heterocycles. The predicted octanol–water partition coefficient (Wildman–Crippen LogP) is 3.19. The maximum absolute atomic E-state index is 13.1. The Morgan fingerprint density at radius 3 is 2.58 bits per heavy atom. The standard InChI is InChI=1S/C18H31FN4.HI/c1-6-20-18(22-11-12-23(5)14(2)3)21-10-9-16-7-8-17(19)13-15(16)4;/h7-8,13-14H,6,9-12H2,1-5H3,(H2,20,21,22);1H. The summed E-state index contributed by atoms with van der Waals surface area (Å²) in [6.45, 7) is 11.7. The van der Waals surface area contributed by atoms with E-state index in [1.165, 1.54) is 6.07 Å². The molecule has 0 aliphatic rings. The zero-order valence-corrected chi connectivity index (χ0v) is 17.9. The van der Waals surface area contributed by atoms with Crippen molar-refractivity contribution in [1.29, 1.82) is 0 Å². The van der Waals surface area contributed by atoms with Gasteiger partial charge in [0.1, 0.15) is 5.82 Å². The van der Waals surface area contributed by atoms with Crippen LogP contribution in [-0.2, 0) is 6.42 Å². The third kappa shape index (κ3) is 8.82. The van der Waals surface area contributed by atoms with E-state index in [-0.39, 0.29) is 29.8 Å². The molecular weight excluding hydrogens is 418 g/mol. The van der Waals surface area contributed by atoms with Gasteiger partial charge in [-0.25, -0.2) is 4.39 Å². The summed E-state index contributed by atoms with van der Waals surface area (Å²) in [7, 11) is 2.11. The van der Waals surface area contributed by atoms with Crippen molar-refractivity contribution in [3.63, 3.8) is 0 Å². The fourth-order valence-electron chi connectivity index (χ4n) is 2.17. The lowest BCUT2D eigenvalue weighted by Crippen LogP contribution is -2.39. The van der Waals surface area contributed by atoms with E-state index in [4.69, 9.17) is 0 Å². The van der Waals surface area contributed by atoms with E-state index >= 15 is 0 Å². The van der Waals surface area contributed by atoms with Crippen LogP contribution < -0.4 is 10.6 Å². The molecule has 4 nitrogen and oxygen atoms in total. The number of aliphatic imine (C=N–C) groups is 1. The molecule has 0 heterocycles. The highest BCUT2D eigenvalue weighted by Crippen LogP contribution is 2.10. The predicted molar refractivity (Wildman–Crippen MR) is 112 cm³/mol. The van der Waals surface area contributed by atoms with Crippen LogP contribution in [0.5, 0.6) is 0 Å². The van der Waals surface area contributed by atoms with Crippen molar-refractivity contribution < 1.29 is 4.39 Å². The van der Waals surface area contributed by atoms with E-state index in [9.17, 15) is 4.39 Å². The Labute approximate surface area is 163 Å². The van der Waals surface area contributed by atoms with Gasteiger partial charge in [0.15, 0.2) is 5.96 Å². The molecule has 138 valence electrons. The van der Waals surface area contributed by atoms with E-state index in [1.54, 1.807) is 6.07 Å². The lowest BCUT2D eigenvalue weighted by atomic mass is 10.1. The fourth-order valence-corrected chi connectivity index (χ4v) is 2.17. The molecule has 1 aromatic rings. The molecule has 24 heavy (non-hydrogen) atoms. The number of likely N-dealkylation sites (N-methyl/N-ethyl adjacent to an activating group) is 1. The summed E-state index contributed by atoms with van der Waals surface area (Å²) in [6, 6.07) is 5.48. The molecule has 6 heteroatoms. The number of nitrogens with zero attached hydrogens (tertiary/aromatic N) is 2. The maximum Gasteiger partial charge on any atom is 0.191 e. The minimum atomic E-state index is -0.177. The second-order valence-electron chi connectivity index (χ2n) is 6.08. The van der Waals surface area contributed by atoms with Gasteiger partial charge in [-0.2, -0.15) is 0 Å². The number of guanidine groups is 1. The van der Waals surface area contributed by atoms with E-state index < -0.39 is 0 Å². The van der Waals surface area contributed by atoms with Crippen molar-refractivity contribution in [1.82, 2.24) is 15.5 Å². The van der Waals surface area contributed by atoms with Gasteiger partial charge in [0, 0.05) is 25.7 Å². The SMILES string of the molecule is CCNC(=NCCN(C)C(C)C)NCCc1ccc(F)cc1C.I. The number of rotatable bonds is 8. The fraction of sp³-hybridized carbons (Fsp3) is 0.611. The van der Waals surface area contributed by atoms with Crippen LogP contribution >= 0.6 is 24.0 Å². The Morgan fingerprint density at radius 2 is 2.00 bits per heavy atom. The van der Waals surface area contributed by atoms with Crippen LogP contribution in [0.15, 0.2) is 23.2 Å². The van der Waals surface area contributed by atoms with Crippen molar-refractivity contribution in [3.05, 3.63) is 35.1 Å². The van der Waals surface area contributed by atoms with Gasteiger partial charge in [-0.1, -0.05) is 6.07 Å². The van der Waals surface area contributed by atoms with Crippen LogP contribution in [0.4, 0.5) is 4.39 Å². The first-order valence-corrected chi connectivity index (χ1v) is 8.41. The van der Waals surface area contributed by atoms with Crippen LogP contribution in [0.1, 0.15) is 31.9 Å². The lowest BCUT2D eigenvalue weighted by molar-refractivity contribution is 0.282. The van der Waals surface area contributed by atoms with E-state index in [1.807, 2.05) is 13.0 Å². The Bertz CT molecular complexity index is 506. The van der Waals surface area contributed by atoms with Gasteiger partial charge in [0.05, 0.1) is 6.54 Å². The van der Waals surface area contributed by atoms with Crippen molar-refractivity contribution >= 4 is 29.9 Å². The minimum absolute atomic E-state index is 0. The first-order chi connectivity index (χ1) is 10.9. The molecule has 0 saturated carbocycles. The normalized spacial score (nSPS) is 11.6. The molecule has 0 amide bonds. The second-order valence-corrected chi connectivity index (χ2v) is 6.08. The third-order valence-corrected chi connectivity index (χ3v) is 3.94. The van der Waals surface area contributed by atoms with Crippen molar-refractivity contribution in [2.45, 2.75) is 40.2 Å². The number of hydrogen-bond acceptors (Lipinski definition) is 2. The number of aryl methyl sites for hydroxylation is 1. The largest absolute Gasteiger partial charge is 0.357 e. The third-order valence-electron chi connectivity index (χ3n) is 3.94. The molecule has 1 rings (SSSR count). The Morgan fingerprint density at radius 1 is 1.29 bits per heavy atom. The monoisotopic (exact) mass is 450 g/mol. The molecule has 0 saturated heterocycles. The van der Waals surface area contributed by atoms with Gasteiger partial charge >= 0.3 is 0 Å². The Balaban J connectivity index is 0.00000529. The Hall–Kier alpha value is -0.890. The molecule has 0 bridgehead atoms. The van der Waals surface area contributed by atoms with Crippen molar-refractivity contribution in [3.8, 4) is 0 Å². The summed E-state index contributed by atoms with van der Waals surface area (Å²) < 4.78 is 13.1. The topological polar surface area (TPSA) is 39.7 Å². The summed E-state index contributed by atoms with van der Waals surface area (Å²) in [4.78, 5) is 6.87. The van der Waals surface area contributed by atoms with Crippen LogP contribution in [0.2, 0.25) is 0 Å². The average Bonchev–Trinajstić information content (AvgIpc) is 2.49. The molecular formula is C18H32FIN4. The van der Waals surface area contributed by atoms with Crippen molar-refractivity contribution in [2.24, 2.45) is 4.99 Å². The van der Waals surface area contributed by atoms with Gasteiger partial charge in [-0.15, -0.1) is 24.0 Å². The molecule has 0 spiro atoms. The molecule has 0 radical (unpaired) electrons. The molecule has 0 fully saturated rings. The molecule has 0 aliphatic carbocycles. The van der Waals surface area contributed by atoms with E-state index in [2.05, 4.69) is 48.3 Å². The summed E-state index contributed by atoms with van der Waals surface area (Å²) in [5.41, 5.74) is 2.15. The number of halogens is 2. The first kappa shape index (κ1) is 23.1. The summed E-state index contributed by atoms with van der Waals surface area (Å²) in [5.74, 6) is 0.660.